The molecule has 1 N–H and O–H groups in total. The van der Waals surface area contributed by atoms with Crippen LogP contribution in [0.25, 0.3) is 16.8 Å². The molecular weight excluding hydrogens is 447 g/mol. The molecule has 2 aliphatic rings. The van der Waals surface area contributed by atoms with Crippen molar-refractivity contribution in [3.05, 3.63) is 66.1 Å². The van der Waals surface area contributed by atoms with E-state index in [1.807, 2.05) is 28.4 Å². The van der Waals surface area contributed by atoms with Crippen molar-refractivity contribution in [1.29, 1.82) is 0 Å². The van der Waals surface area contributed by atoms with Gasteiger partial charge in [-0.3, -0.25) is 9.48 Å². The van der Waals surface area contributed by atoms with Gasteiger partial charge in [0.1, 0.15) is 5.82 Å². The van der Waals surface area contributed by atoms with Crippen LogP contribution in [-0.4, -0.2) is 51.4 Å². The van der Waals surface area contributed by atoms with Crippen molar-refractivity contribution in [3.8, 4) is 11.1 Å². The van der Waals surface area contributed by atoms with Crippen LogP contribution in [0.4, 0.5) is 15.8 Å². The van der Waals surface area contributed by atoms with Crippen LogP contribution >= 0.6 is 0 Å². The van der Waals surface area contributed by atoms with E-state index in [-0.39, 0.29) is 17.1 Å². The smallest absolute Gasteiger partial charge is 0.258 e. The molecule has 0 bridgehead atoms. The highest BCUT2D eigenvalue weighted by atomic mass is 19.1. The number of carbonyl (C=O) groups is 1. The summed E-state index contributed by atoms with van der Waals surface area (Å²) in [6, 6.07) is 5.25. The third-order valence-corrected chi connectivity index (χ3v) is 7.06. The number of benzene rings is 1. The van der Waals surface area contributed by atoms with Gasteiger partial charge in [0, 0.05) is 43.4 Å². The van der Waals surface area contributed by atoms with E-state index in [0.29, 0.717) is 18.8 Å². The minimum Gasteiger partial charge on any atom is -0.378 e. The normalized spacial score (nSPS) is 17.1. The van der Waals surface area contributed by atoms with Crippen LogP contribution in [-0.2, 0) is 10.3 Å². The average molecular weight is 475 g/mol. The van der Waals surface area contributed by atoms with Gasteiger partial charge >= 0.3 is 0 Å². The van der Waals surface area contributed by atoms with E-state index in [0.717, 1.165) is 54.0 Å². The second-order valence-corrected chi connectivity index (χ2v) is 9.64. The standard InChI is InChI=1S/C26H27FN6O2/c1-17-11-21(27)22(30-25(34)19-14-29-33(16-19)26(2)3-4-26)13-20(17)18-12-23(31-7-9-35-10-8-31)24-28-5-6-32(24)15-18/h5-6,11-16H,3-4,7-10H2,1-2H3,(H,30,34). The quantitative estimate of drug-likeness (QED) is 0.468. The average Bonchev–Trinajstić information content (AvgIpc) is 3.26. The van der Waals surface area contributed by atoms with Gasteiger partial charge in [-0.2, -0.15) is 5.10 Å². The highest BCUT2D eigenvalue weighted by molar-refractivity contribution is 6.04. The summed E-state index contributed by atoms with van der Waals surface area (Å²) in [4.78, 5) is 19.7. The summed E-state index contributed by atoms with van der Waals surface area (Å²) in [6.07, 6.45) is 11.0. The number of carbonyl (C=O) groups excluding carboxylic acids is 1. The van der Waals surface area contributed by atoms with Gasteiger partial charge in [0.2, 0.25) is 0 Å². The van der Waals surface area contributed by atoms with Gasteiger partial charge in [-0.25, -0.2) is 9.37 Å². The van der Waals surface area contributed by atoms with Crippen LogP contribution in [0.3, 0.4) is 0 Å². The SMILES string of the molecule is Cc1cc(F)c(NC(=O)c2cnn(C3(C)CC3)c2)cc1-c1cc(N2CCOCC2)c2nccn2c1. The summed E-state index contributed by atoms with van der Waals surface area (Å²) < 4.78 is 24.3. The Balaban J connectivity index is 1.35. The molecule has 1 aliphatic heterocycles. The Morgan fingerprint density at radius 3 is 2.74 bits per heavy atom. The number of pyridine rings is 1. The Hall–Kier alpha value is -3.72. The third kappa shape index (κ3) is 3.95. The zero-order chi connectivity index (χ0) is 24.2. The molecule has 180 valence electrons. The fraction of sp³-hybridized carbons (Fsp3) is 0.346. The number of hydrogen-bond donors (Lipinski definition) is 1. The number of rotatable bonds is 5. The molecule has 1 saturated heterocycles. The molecule has 0 spiro atoms. The first-order chi connectivity index (χ1) is 16.9. The zero-order valence-corrected chi connectivity index (χ0v) is 19.8. The van der Waals surface area contributed by atoms with Crippen LogP contribution in [0.5, 0.6) is 0 Å². The van der Waals surface area contributed by atoms with Crippen LogP contribution in [0.1, 0.15) is 35.7 Å². The topological polar surface area (TPSA) is 76.7 Å². The number of morpholine rings is 1. The molecule has 1 aromatic carbocycles. The molecule has 4 aromatic rings. The Labute approximate surface area is 202 Å². The van der Waals surface area contributed by atoms with Gasteiger partial charge in [0.25, 0.3) is 5.91 Å². The molecule has 3 aromatic heterocycles. The number of hydrogen-bond acceptors (Lipinski definition) is 5. The Morgan fingerprint density at radius 2 is 1.97 bits per heavy atom. The lowest BCUT2D eigenvalue weighted by Gasteiger charge is -2.29. The van der Waals surface area contributed by atoms with Gasteiger partial charge in [-0.15, -0.1) is 0 Å². The number of aromatic nitrogens is 4. The first-order valence-corrected chi connectivity index (χ1v) is 11.9. The maximum absolute atomic E-state index is 14.9. The molecule has 1 aliphatic carbocycles. The van der Waals surface area contributed by atoms with E-state index in [2.05, 4.69) is 33.3 Å². The van der Waals surface area contributed by atoms with E-state index < -0.39 is 5.82 Å². The number of ether oxygens (including phenoxy) is 1. The lowest BCUT2D eigenvalue weighted by Crippen LogP contribution is -2.36. The number of fused-ring (bicyclic) bond motifs is 1. The van der Waals surface area contributed by atoms with Crippen LogP contribution in [0, 0.1) is 12.7 Å². The van der Waals surface area contributed by atoms with Crippen LogP contribution in [0.15, 0.2) is 49.2 Å². The maximum atomic E-state index is 14.9. The van der Waals surface area contributed by atoms with Gasteiger partial charge in [-0.1, -0.05) is 0 Å². The van der Waals surface area contributed by atoms with Gasteiger partial charge in [0.05, 0.1) is 41.9 Å². The molecule has 0 radical (unpaired) electrons. The van der Waals surface area contributed by atoms with Crippen molar-refractivity contribution in [3.63, 3.8) is 0 Å². The van der Waals surface area contributed by atoms with Crippen molar-refractivity contribution in [2.75, 3.05) is 36.5 Å². The summed E-state index contributed by atoms with van der Waals surface area (Å²) in [5.41, 5.74) is 4.95. The molecule has 4 heterocycles. The number of aryl methyl sites for hydroxylation is 1. The van der Waals surface area contributed by atoms with Crippen molar-refractivity contribution >= 4 is 22.9 Å². The summed E-state index contributed by atoms with van der Waals surface area (Å²) >= 11 is 0. The van der Waals surface area contributed by atoms with Crippen molar-refractivity contribution in [2.45, 2.75) is 32.2 Å². The number of imidazole rings is 1. The van der Waals surface area contributed by atoms with Gasteiger partial charge in [0.15, 0.2) is 5.65 Å². The van der Waals surface area contributed by atoms with Crippen molar-refractivity contribution in [1.82, 2.24) is 19.2 Å². The fourth-order valence-electron chi connectivity index (χ4n) is 4.62. The molecule has 0 unspecified atom stereocenters. The van der Waals surface area contributed by atoms with Crippen LogP contribution in [0.2, 0.25) is 0 Å². The van der Waals surface area contributed by atoms with E-state index in [9.17, 15) is 9.18 Å². The predicted octanol–water partition coefficient (Wildman–Crippen LogP) is 4.24. The first kappa shape index (κ1) is 21.8. The summed E-state index contributed by atoms with van der Waals surface area (Å²) in [6.45, 7) is 6.87. The zero-order valence-electron chi connectivity index (χ0n) is 19.8. The number of amides is 1. The molecule has 1 amide bonds. The maximum Gasteiger partial charge on any atom is 0.258 e. The monoisotopic (exact) mass is 474 g/mol. The van der Waals surface area contributed by atoms with E-state index >= 15 is 0 Å². The highest BCUT2D eigenvalue weighted by Crippen LogP contribution is 2.42. The Bertz CT molecular complexity index is 1430. The molecule has 0 atom stereocenters. The molecule has 35 heavy (non-hydrogen) atoms. The number of halogens is 1. The number of nitrogens with zero attached hydrogens (tertiary/aromatic N) is 5. The lowest BCUT2D eigenvalue weighted by molar-refractivity contribution is 0.102. The lowest BCUT2D eigenvalue weighted by atomic mass is 10.00. The number of nitrogens with one attached hydrogen (secondary N) is 1. The minimum absolute atomic E-state index is 0.00896. The van der Waals surface area contributed by atoms with E-state index in [1.54, 1.807) is 18.5 Å². The van der Waals surface area contributed by atoms with Gasteiger partial charge < -0.3 is 19.4 Å². The first-order valence-electron chi connectivity index (χ1n) is 11.9. The summed E-state index contributed by atoms with van der Waals surface area (Å²) in [5, 5.41) is 7.08. The molecule has 1 saturated carbocycles. The van der Waals surface area contributed by atoms with Crippen LogP contribution < -0.4 is 10.2 Å². The van der Waals surface area contributed by atoms with Crippen molar-refractivity contribution in [2.24, 2.45) is 0 Å². The fourth-order valence-corrected chi connectivity index (χ4v) is 4.62. The minimum atomic E-state index is -0.474. The third-order valence-electron chi connectivity index (χ3n) is 7.06. The van der Waals surface area contributed by atoms with Crippen molar-refractivity contribution < 1.29 is 13.9 Å². The summed E-state index contributed by atoms with van der Waals surface area (Å²) in [7, 11) is 0. The second kappa shape index (κ2) is 8.20. The molecule has 2 fully saturated rings. The molecule has 8 nitrogen and oxygen atoms in total. The van der Waals surface area contributed by atoms with Gasteiger partial charge in [-0.05, 0) is 56.0 Å². The van der Waals surface area contributed by atoms with E-state index in [4.69, 9.17) is 4.74 Å². The largest absolute Gasteiger partial charge is 0.378 e. The second-order valence-electron chi connectivity index (χ2n) is 9.64. The number of anilines is 2. The molecular formula is C26H27FN6O2. The molecule has 6 rings (SSSR count). The highest BCUT2D eigenvalue weighted by Gasteiger charge is 2.40. The molecule has 9 heteroatoms. The van der Waals surface area contributed by atoms with E-state index in [1.165, 1.54) is 12.3 Å². The summed E-state index contributed by atoms with van der Waals surface area (Å²) in [5.74, 6) is -0.855. The Morgan fingerprint density at radius 1 is 1.17 bits per heavy atom. The Kier molecular flexibility index (Phi) is 5.10. The predicted molar refractivity (Wildman–Crippen MR) is 131 cm³/mol.